The molecular weight excluding hydrogens is 209 g/mol. The molecule has 0 fully saturated rings. The van der Waals surface area contributed by atoms with E-state index in [1.807, 2.05) is 0 Å². The summed E-state index contributed by atoms with van der Waals surface area (Å²) < 4.78 is 17.4. The number of hydrogen-bond acceptors (Lipinski definition) is 4. The predicted molar refractivity (Wildman–Crippen MR) is 49.1 cm³/mol. The predicted octanol–water partition coefficient (Wildman–Crippen LogP) is 2.11. The van der Waals surface area contributed by atoms with Crippen LogP contribution in [0, 0.1) is 5.82 Å². The molecule has 2 rings (SSSR count). The smallest absolute Gasteiger partial charge is 0.319 e. The second-order valence-corrected chi connectivity index (χ2v) is 2.99. The Balaban J connectivity index is 2.47. The van der Waals surface area contributed by atoms with Crippen molar-refractivity contribution in [2.45, 2.75) is 0 Å². The van der Waals surface area contributed by atoms with E-state index in [0.717, 1.165) is 0 Å². The first-order valence-corrected chi connectivity index (χ1v) is 4.09. The van der Waals surface area contributed by atoms with Crippen molar-refractivity contribution in [3.05, 3.63) is 29.0 Å². The van der Waals surface area contributed by atoms with E-state index < -0.39 is 5.82 Å². The molecule has 0 saturated carbocycles. The lowest BCUT2D eigenvalue weighted by Gasteiger charge is -1.96. The monoisotopic (exact) mass is 213 g/mol. The Morgan fingerprint density at radius 1 is 1.43 bits per heavy atom. The molecule has 0 spiro atoms. The highest BCUT2D eigenvalue weighted by molar-refractivity contribution is 6.31. The Bertz CT molecular complexity index is 471. The zero-order chi connectivity index (χ0) is 10.1. The highest BCUT2D eigenvalue weighted by Gasteiger charge is 2.08. The molecule has 0 atom stereocenters. The molecule has 0 aliphatic carbocycles. The normalized spacial score (nSPS) is 10.4. The van der Waals surface area contributed by atoms with Crippen molar-refractivity contribution < 1.29 is 8.91 Å². The van der Waals surface area contributed by atoms with E-state index in [1.54, 1.807) is 0 Å². The fourth-order valence-corrected chi connectivity index (χ4v) is 1.17. The van der Waals surface area contributed by atoms with Gasteiger partial charge in [-0.15, -0.1) is 0 Å². The molecule has 1 aromatic heterocycles. The molecule has 4 nitrogen and oxygen atoms in total. The van der Waals surface area contributed by atoms with Gasteiger partial charge in [-0.2, -0.15) is 4.98 Å². The number of halogens is 2. The van der Waals surface area contributed by atoms with Crippen LogP contribution in [-0.4, -0.2) is 10.1 Å². The molecule has 0 aliphatic rings. The molecule has 0 saturated heterocycles. The van der Waals surface area contributed by atoms with E-state index in [9.17, 15) is 4.39 Å². The zero-order valence-electron chi connectivity index (χ0n) is 6.87. The molecule has 2 N–H and O–H groups in total. The number of nitrogens with zero attached hydrogens (tertiary/aromatic N) is 2. The maximum Gasteiger partial charge on any atom is 0.319 e. The number of nitrogen functional groups attached to an aromatic ring is 1. The van der Waals surface area contributed by atoms with Crippen LogP contribution in [0.4, 0.5) is 10.4 Å². The minimum Gasteiger partial charge on any atom is -0.351 e. The van der Waals surface area contributed by atoms with E-state index >= 15 is 0 Å². The number of benzene rings is 1. The fraction of sp³-hybridized carbons (Fsp3) is 0. The molecule has 72 valence electrons. The van der Waals surface area contributed by atoms with Crippen molar-refractivity contribution in [1.29, 1.82) is 0 Å². The lowest BCUT2D eigenvalue weighted by Crippen LogP contribution is -1.85. The summed E-state index contributed by atoms with van der Waals surface area (Å²) in [5, 5.41) is 3.57. The van der Waals surface area contributed by atoms with Gasteiger partial charge in [0, 0.05) is 5.56 Å². The van der Waals surface area contributed by atoms with Crippen molar-refractivity contribution in [2.75, 3.05) is 5.73 Å². The van der Waals surface area contributed by atoms with Gasteiger partial charge < -0.3 is 10.3 Å². The molecular formula is C8H5ClFN3O. The molecule has 1 heterocycles. The van der Waals surface area contributed by atoms with Gasteiger partial charge in [0.2, 0.25) is 5.82 Å². The van der Waals surface area contributed by atoms with Crippen LogP contribution in [0.2, 0.25) is 5.02 Å². The molecule has 14 heavy (non-hydrogen) atoms. The van der Waals surface area contributed by atoms with Crippen LogP contribution in [0.5, 0.6) is 0 Å². The Morgan fingerprint density at radius 3 is 2.79 bits per heavy atom. The Kier molecular flexibility index (Phi) is 2.09. The van der Waals surface area contributed by atoms with E-state index in [1.165, 1.54) is 18.2 Å². The van der Waals surface area contributed by atoms with Crippen molar-refractivity contribution in [3.8, 4) is 11.4 Å². The van der Waals surface area contributed by atoms with Crippen LogP contribution < -0.4 is 5.73 Å². The molecule has 0 bridgehead atoms. The third kappa shape index (κ3) is 1.54. The first kappa shape index (κ1) is 8.96. The van der Waals surface area contributed by atoms with Crippen LogP contribution in [0.3, 0.4) is 0 Å². The summed E-state index contributed by atoms with van der Waals surface area (Å²) in [5.41, 5.74) is 5.79. The molecule has 0 radical (unpaired) electrons. The van der Waals surface area contributed by atoms with Crippen molar-refractivity contribution in [3.63, 3.8) is 0 Å². The van der Waals surface area contributed by atoms with E-state index in [2.05, 4.69) is 14.7 Å². The number of aromatic nitrogens is 2. The van der Waals surface area contributed by atoms with E-state index in [0.29, 0.717) is 5.56 Å². The summed E-state index contributed by atoms with van der Waals surface area (Å²) in [6, 6.07) is 4.08. The molecule has 2 aromatic rings. The van der Waals surface area contributed by atoms with Gasteiger partial charge in [0.25, 0.3) is 0 Å². The summed E-state index contributed by atoms with van der Waals surface area (Å²) in [7, 11) is 0. The fourth-order valence-electron chi connectivity index (χ4n) is 0.988. The van der Waals surface area contributed by atoms with Crippen molar-refractivity contribution in [2.24, 2.45) is 0 Å². The Hall–Kier alpha value is -1.62. The van der Waals surface area contributed by atoms with Gasteiger partial charge in [-0.05, 0) is 18.2 Å². The Labute approximate surface area is 83.5 Å². The Morgan fingerprint density at radius 2 is 2.21 bits per heavy atom. The van der Waals surface area contributed by atoms with Crippen LogP contribution in [0.25, 0.3) is 11.4 Å². The first-order chi connectivity index (χ1) is 6.66. The van der Waals surface area contributed by atoms with Gasteiger partial charge in [-0.25, -0.2) is 4.39 Å². The SMILES string of the molecule is Nc1nc(-c2ccc(F)c(Cl)c2)no1. The quantitative estimate of drug-likeness (QED) is 0.788. The van der Waals surface area contributed by atoms with Gasteiger partial charge >= 0.3 is 6.01 Å². The van der Waals surface area contributed by atoms with Crippen LogP contribution in [0.15, 0.2) is 22.7 Å². The molecule has 0 aliphatic heterocycles. The zero-order valence-corrected chi connectivity index (χ0v) is 7.62. The van der Waals surface area contributed by atoms with Crippen molar-refractivity contribution in [1.82, 2.24) is 10.1 Å². The topological polar surface area (TPSA) is 64.9 Å². The molecule has 0 amide bonds. The minimum absolute atomic E-state index is 0.00544. The lowest BCUT2D eigenvalue weighted by atomic mass is 10.2. The first-order valence-electron chi connectivity index (χ1n) is 3.71. The standard InChI is InChI=1S/C8H5ClFN3O/c9-5-3-4(1-2-6(5)10)7-12-8(11)14-13-7/h1-3H,(H2,11,12,13). The van der Waals surface area contributed by atoms with Crippen LogP contribution >= 0.6 is 11.6 Å². The van der Waals surface area contributed by atoms with Gasteiger partial charge in [0.1, 0.15) is 5.82 Å². The minimum atomic E-state index is -0.494. The van der Waals surface area contributed by atoms with Crippen molar-refractivity contribution >= 4 is 17.6 Å². The number of rotatable bonds is 1. The highest BCUT2D eigenvalue weighted by Crippen LogP contribution is 2.22. The maximum absolute atomic E-state index is 12.8. The van der Waals surface area contributed by atoms with E-state index in [-0.39, 0.29) is 16.9 Å². The third-order valence-electron chi connectivity index (χ3n) is 1.62. The average molecular weight is 214 g/mol. The molecule has 0 unspecified atom stereocenters. The number of nitrogens with two attached hydrogens (primary N) is 1. The maximum atomic E-state index is 12.8. The summed E-state index contributed by atoms with van der Waals surface area (Å²) in [5.74, 6) is -0.212. The molecule has 6 heteroatoms. The van der Waals surface area contributed by atoms with Gasteiger partial charge in [-0.1, -0.05) is 16.8 Å². The second-order valence-electron chi connectivity index (χ2n) is 2.59. The summed E-state index contributed by atoms with van der Waals surface area (Å²) in [4.78, 5) is 3.77. The summed E-state index contributed by atoms with van der Waals surface area (Å²) >= 11 is 5.58. The summed E-state index contributed by atoms with van der Waals surface area (Å²) in [6.45, 7) is 0. The number of anilines is 1. The van der Waals surface area contributed by atoms with Gasteiger partial charge in [0.15, 0.2) is 0 Å². The average Bonchev–Trinajstić information content (AvgIpc) is 2.57. The van der Waals surface area contributed by atoms with E-state index in [4.69, 9.17) is 17.3 Å². The largest absolute Gasteiger partial charge is 0.351 e. The van der Waals surface area contributed by atoms with Gasteiger partial charge in [-0.3, -0.25) is 0 Å². The van der Waals surface area contributed by atoms with Crippen LogP contribution in [-0.2, 0) is 0 Å². The summed E-state index contributed by atoms with van der Waals surface area (Å²) in [6.07, 6.45) is 0. The second kappa shape index (κ2) is 3.26. The highest BCUT2D eigenvalue weighted by atomic mass is 35.5. The molecule has 1 aromatic carbocycles. The number of hydrogen-bond donors (Lipinski definition) is 1. The van der Waals surface area contributed by atoms with Crippen LogP contribution in [0.1, 0.15) is 0 Å². The lowest BCUT2D eigenvalue weighted by molar-refractivity contribution is 0.437. The van der Waals surface area contributed by atoms with Gasteiger partial charge in [0.05, 0.1) is 5.02 Å². The third-order valence-corrected chi connectivity index (χ3v) is 1.91.